The summed E-state index contributed by atoms with van der Waals surface area (Å²) in [7, 11) is 0. The number of imide groups is 1. The number of ether oxygens (including phenoxy) is 1. The van der Waals surface area contributed by atoms with Gasteiger partial charge in [0, 0.05) is 6.07 Å². The van der Waals surface area contributed by atoms with Crippen LogP contribution in [0.25, 0.3) is 0 Å². The molecule has 0 unspecified atom stereocenters. The molecule has 162 valence electrons. The number of nitrogens with zero attached hydrogens (tertiary/aromatic N) is 2. The van der Waals surface area contributed by atoms with Gasteiger partial charge in [-0.25, -0.2) is 9.69 Å². The van der Waals surface area contributed by atoms with Crippen LogP contribution in [0, 0.1) is 20.8 Å². The molecule has 0 atom stereocenters. The Balaban J connectivity index is 1.49. The summed E-state index contributed by atoms with van der Waals surface area (Å²) in [5, 5.41) is 6.04. The lowest BCUT2D eigenvalue weighted by Crippen LogP contribution is -2.30. The molecular formula is C23H19N3O6. The second-order valence-electron chi connectivity index (χ2n) is 7.45. The molecular weight excluding hydrogens is 414 g/mol. The monoisotopic (exact) mass is 433 g/mol. The van der Waals surface area contributed by atoms with Gasteiger partial charge in [-0.05, 0) is 56.2 Å². The fraction of sp³-hybridized carbons (Fsp3) is 0.174. The van der Waals surface area contributed by atoms with E-state index >= 15 is 0 Å². The summed E-state index contributed by atoms with van der Waals surface area (Å²) in [6, 6.07) is 11.1. The number of aromatic nitrogens is 1. The van der Waals surface area contributed by atoms with Crippen LogP contribution >= 0.6 is 0 Å². The number of rotatable bonds is 5. The Labute approximate surface area is 182 Å². The molecule has 2 aromatic carbocycles. The quantitative estimate of drug-likeness (QED) is 0.485. The molecule has 1 N–H and O–H groups in total. The van der Waals surface area contributed by atoms with Gasteiger partial charge in [0.25, 0.3) is 17.7 Å². The van der Waals surface area contributed by atoms with Gasteiger partial charge in [0.15, 0.2) is 6.61 Å². The summed E-state index contributed by atoms with van der Waals surface area (Å²) < 4.78 is 9.88. The predicted molar refractivity (Wildman–Crippen MR) is 114 cm³/mol. The van der Waals surface area contributed by atoms with Gasteiger partial charge < -0.3 is 9.26 Å². The van der Waals surface area contributed by atoms with Crippen molar-refractivity contribution >= 4 is 35.3 Å². The molecule has 0 radical (unpaired) electrons. The van der Waals surface area contributed by atoms with E-state index in [0.29, 0.717) is 11.4 Å². The van der Waals surface area contributed by atoms with Gasteiger partial charge in [-0.3, -0.25) is 19.7 Å². The maximum atomic E-state index is 13.0. The number of aryl methyl sites for hydroxylation is 3. The molecule has 0 saturated carbocycles. The zero-order chi connectivity index (χ0) is 23.0. The first kappa shape index (κ1) is 21.0. The van der Waals surface area contributed by atoms with Crippen molar-refractivity contribution in [3.05, 3.63) is 76.0 Å². The fourth-order valence-corrected chi connectivity index (χ4v) is 3.36. The number of carbonyl (C=O) groups excluding carboxylic acids is 4. The first-order valence-corrected chi connectivity index (χ1v) is 9.75. The van der Waals surface area contributed by atoms with Crippen LogP contribution < -0.4 is 10.2 Å². The van der Waals surface area contributed by atoms with Crippen LogP contribution in [-0.4, -0.2) is 35.5 Å². The lowest BCUT2D eigenvalue weighted by molar-refractivity contribution is -0.119. The van der Waals surface area contributed by atoms with E-state index < -0.39 is 30.3 Å². The molecule has 9 nitrogen and oxygen atoms in total. The molecule has 32 heavy (non-hydrogen) atoms. The highest BCUT2D eigenvalue weighted by molar-refractivity contribution is 6.35. The second kappa shape index (κ2) is 8.10. The Bertz CT molecular complexity index is 1280. The van der Waals surface area contributed by atoms with Gasteiger partial charge in [0.2, 0.25) is 5.88 Å². The molecule has 9 heteroatoms. The van der Waals surface area contributed by atoms with Crippen molar-refractivity contribution in [2.24, 2.45) is 0 Å². The Morgan fingerprint density at radius 1 is 1.00 bits per heavy atom. The summed E-state index contributed by atoms with van der Waals surface area (Å²) in [6.07, 6.45) is 0. The van der Waals surface area contributed by atoms with Crippen LogP contribution in [0.4, 0.5) is 11.6 Å². The number of fused-ring (bicyclic) bond motifs is 1. The molecule has 3 amide bonds. The average Bonchev–Trinajstić information content (AvgIpc) is 3.28. The highest BCUT2D eigenvalue weighted by atomic mass is 16.5. The molecule has 0 spiro atoms. The Kier molecular flexibility index (Phi) is 5.31. The van der Waals surface area contributed by atoms with Crippen molar-refractivity contribution in [2.75, 3.05) is 16.8 Å². The van der Waals surface area contributed by atoms with E-state index in [1.54, 1.807) is 13.0 Å². The zero-order valence-corrected chi connectivity index (χ0v) is 17.6. The molecule has 2 heterocycles. The van der Waals surface area contributed by atoms with E-state index in [4.69, 9.17) is 9.26 Å². The van der Waals surface area contributed by atoms with Crippen molar-refractivity contribution in [2.45, 2.75) is 20.8 Å². The zero-order valence-electron chi connectivity index (χ0n) is 17.6. The smallest absolute Gasteiger partial charge is 0.338 e. The van der Waals surface area contributed by atoms with Gasteiger partial charge in [-0.15, -0.1) is 0 Å². The molecule has 4 rings (SSSR count). The minimum Gasteiger partial charge on any atom is -0.452 e. The number of nitrogens with one attached hydrogen (secondary N) is 1. The molecule has 0 bridgehead atoms. The molecule has 1 aliphatic rings. The van der Waals surface area contributed by atoms with Gasteiger partial charge in [0.1, 0.15) is 0 Å². The minimum atomic E-state index is -0.804. The van der Waals surface area contributed by atoms with Crippen LogP contribution in [0.2, 0.25) is 0 Å². The van der Waals surface area contributed by atoms with Crippen LogP contribution in [0.1, 0.15) is 47.9 Å². The van der Waals surface area contributed by atoms with Crippen LogP contribution in [0.15, 0.2) is 47.0 Å². The molecule has 0 aliphatic carbocycles. The van der Waals surface area contributed by atoms with E-state index in [2.05, 4.69) is 10.5 Å². The number of benzene rings is 2. The molecule has 0 saturated heterocycles. The van der Waals surface area contributed by atoms with Crippen molar-refractivity contribution in [1.82, 2.24) is 5.16 Å². The Morgan fingerprint density at radius 2 is 1.75 bits per heavy atom. The second-order valence-corrected chi connectivity index (χ2v) is 7.45. The molecule has 3 aromatic rings. The highest BCUT2D eigenvalue weighted by Gasteiger charge is 2.38. The third-order valence-electron chi connectivity index (χ3n) is 4.95. The third kappa shape index (κ3) is 3.87. The van der Waals surface area contributed by atoms with Crippen molar-refractivity contribution in [1.29, 1.82) is 0 Å². The van der Waals surface area contributed by atoms with Crippen molar-refractivity contribution < 1.29 is 28.4 Å². The highest BCUT2D eigenvalue weighted by Crippen LogP contribution is 2.31. The maximum absolute atomic E-state index is 13.0. The standard InChI is InChI=1S/C23H19N3O6/c1-12-4-5-13(2)18(8-12)26-21(28)16-7-6-15(10-17(16)22(26)29)23(30)31-11-19(27)24-20-9-14(3)25-32-20/h4-10H,11H2,1-3H3,(H,24,27). The number of anilines is 2. The third-order valence-corrected chi connectivity index (χ3v) is 4.95. The molecule has 0 fully saturated rings. The average molecular weight is 433 g/mol. The fourth-order valence-electron chi connectivity index (χ4n) is 3.36. The van der Waals surface area contributed by atoms with Gasteiger partial charge >= 0.3 is 5.97 Å². The summed E-state index contributed by atoms with van der Waals surface area (Å²) in [6.45, 7) is 4.82. The number of esters is 1. The van der Waals surface area contributed by atoms with Gasteiger partial charge in [0.05, 0.1) is 28.1 Å². The van der Waals surface area contributed by atoms with Crippen molar-refractivity contribution in [3.8, 4) is 0 Å². The SMILES string of the molecule is Cc1ccc(C)c(N2C(=O)c3ccc(C(=O)OCC(=O)Nc4cc(C)no4)cc3C2=O)c1. The van der Waals surface area contributed by atoms with Crippen LogP contribution in [0.5, 0.6) is 0 Å². The first-order chi connectivity index (χ1) is 15.2. The number of hydrogen-bond donors (Lipinski definition) is 1. The molecule has 1 aromatic heterocycles. The lowest BCUT2D eigenvalue weighted by atomic mass is 10.1. The Morgan fingerprint density at radius 3 is 2.47 bits per heavy atom. The summed E-state index contributed by atoms with van der Waals surface area (Å²) >= 11 is 0. The van der Waals surface area contributed by atoms with E-state index in [1.807, 2.05) is 26.0 Å². The summed E-state index contributed by atoms with van der Waals surface area (Å²) in [5.74, 6) is -2.26. The van der Waals surface area contributed by atoms with E-state index in [0.717, 1.165) is 16.0 Å². The predicted octanol–water partition coefficient (Wildman–Crippen LogP) is 3.20. The largest absolute Gasteiger partial charge is 0.452 e. The topological polar surface area (TPSA) is 119 Å². The van der Waals surface area contributed by atoms with E-state index in [-0.39, 0.29) is 22.6 Å². The molecule has 1 aliphatic heterocycles. The summed E-state index contributed by atoms with van der Waals surface area (Å²) in [4.78, 5) is 51.3. The van der Waals surface area contributed by atoms with E-state index in [9.17, 15) is 19.2 Å². The normalized spacial score (nSPS) is 12.7. The lowest BCUT2D eigenvalue weighted by Gasteiger charge is -2.17. The van der Waals surface area contributed by atoms with E-state index in [1.165, 1.54) is 24.3 Å². The summed E-state index contributed by atoms with van der Waals surface area (Å²) in [5.41, 5.74) is 3.13. The minimum absolute atomic E-state index is 0.0519. The van der Waals surface area contributed by atoms with Gasteiger partial charge in [-0.2, -0.15) is 0 Å². The first-order valence-electron chi connectivity index (χ1n) is 9.75. The van der Waals surface area contributed by atoms with Crippen molar-refractivity contribution in [3.63, 3.8) is 0 Å². The van der Waals surface area contributed by atoms with Crippen LogP contribution in [0.3, 0.4) is 0 Å². The maximum Gasteiger partial charge on any atom is 0.338 e. The van der Waals surface area contributed by atoms with Crippen LogP contribution in [-0.2, 0) is 9.53 Å². The van der Waals surface area contributed by atoms with Gasteiger partial charge in [-0.1, -0.05) is 17.3 Å². The number of carbonyl (C=O) groups is 4. The number of hydrogen-bond acceptors (Lipinski definition) is 7. The Hall–Kier alpha value is -4.27. The number of amides is 3.